The molecule has 1 aliphatic heterocycles. The van der Waals surface area contributed by atoms with Crippen LogP contribution in [0.5, 0.6) is 0 Å². The number of ether oxygens (including phenoxy) is 1. The van der Waals surface area contributed by atoms with E-state index in [2.05, 4.69) is 5.10 Å². The van der Waals surface area contributed by atoms with Crippen molar-refractivity contribution in [2.24, 2.45) is 0 Å². The van der Waals surface area contributed by atoms with Crippen molar-refractivity contribution < 1.29 is 14.3 Å². The predicted molar refractivity (Wildman–Crippen MR) is 114 cm³/mol. The lowest BCUT2D eigenvalue weighted by atomic mass is 9.97. The highest BCUT2D eigenvalue weighted by atomic mass is 32.2. The summed E-state index contributed by atoms with van der Waals surface area (Å²) < 4.78 is 8.46. The van der Waals surface area contributed by atoms with Crippen LogP contribution in [0.15, 0.2) is 28.6 Å². The molecule has 1 aliphatic rings. The van der Waals surface area contributed by atoms with Crippen molar-refractivity contribution in [2.45, 2.75) is 49.5 Å². The number of thioether (sulfide) groups is 1. The zero-order valence-corrected chi connectivity index (χ0v) is 18.5. The summed E-state index contributed by atoms with van der Waals surface area (Å²) in [4.78, 5) is 26.7. The van der Waals surface area contributed by atoms with Gasteiger partial charge in [0.25, 0.3) is 5.91 Å². The minimum atomic E-state index is -0.510. The zero-order chi connectivity index (χ0) is 20.3. The van der Waals surface area contributed by atoms with E-state index in [-0.39, 0.29) is 24.6 Å². The SMILES string of the molecule is CSc1nn(-c2ccc(C(=O)OCC(=O)N3[C@H](C)CCC[C@@H]3C)cc2)c(=S)s1. The standard InChI is InChI=1S/C19H23N3O3S3/c1-12-5-4-6-13(2)21(12)16(23)11-25-17(24)14-7-9-15(10-8-14)22-19(26)28-18(20-22)27-3/h7-10,12-13H,4-6,11H2,1-3H3/t12-,13+. The summed E-state index contributed by atoms with van der Waals surface area (Å²) in [5.74, 6) is -0.646. The van der Waals surface area contributed by atoms with Crippen LogP contribution in [0.25, 0.3) is 5.69 Å². The smallest absolute Gasteiger partial charge is 0.338 e. The number of hydrogen-bond donors (Lipinski definition) is 0. The van der Waals surface area contributed by atoms with Gasteiger partial charge in [0, 0.05) is 12.1 Å². The van der Waals surface area contributed by atoms with Gasteiger partial charge in [-0.1, -0.05) is 23.1 Å². The number of esters is 1. The zero-order valence-electron chi connectivity index (χ0n) is 16.1. The molecule has 1 saturated heterocycles. The molecular formula is C19H23N3O3S3. The number of benzene rings is 1. The van der Waals surface area contributed by atoms with Gasteiger partial charge in [-0.25, -0.2) is 9.48 Å². The molecule has 0 unspecified atom stereocenters. The quantitative estimate of drug-likeness (QED) is 0.394. The van der Waals surface area contributed by atoms with Crippen molar-refractivity contribution in [2.75, 3.05) is 12.9 Å². The van der Waals surface area contributed by atoms with E-state index in [9.17, 15) is 9.59 Å². The van der Waals surface area contributed by atoms with E-state index in [1.165, 1.54) is 23.1 Å². The van der Waals surface area contributed by atoms with Crippen LogP contribution >= 0.6 is 35.3 Å². The highest BCUT2D eigenvalue weighted by Gasteiger charge is 2.29. The minimum Gasteiger partial charge on any atom is -0.452 e. The van der Waals surface area contributed by atoms with Crippen molar-refractivity contribution in [3.8, 4) is 5.69 Å². The monoisotopic (exact) mass is 437 g/mol. The number of likely N-dealkylation sites (tertiary alicyclic amines) is 1. The van der Waals surface area contributed by atoms with Crippen LogP contribution in [0.3, 0.4) is 0 Å². The molecule has 1 amide bonds. The average molecular weight is 438 g/mol. The second kappa shape index (κ2) is 9.19. The molecule has 0 spiro atoms. The lowest BCUT2D eigenvalue weighted by molar-refractivity contribution is -0.140. The van der Waals surface area contributed by atoms with E-state index >= 15 is 0 Å². The third-order valence-electron chi connectivity index (χ3n) is 4.86. The fourth-order valence-corrected chi connectivity index (χ4v) is 5.22. The first-order valence-corrected chi connectivity index (χ1v) is 11.6. The highest BCUT2D eigenvalue weighted by molar-refractivity contribution is 8.00. The second-order valence-electron chi connectivity index (χ2n) is 6.80. The van der Waals surface area contributed by atoms with Crippen molar-refractivity contribution in [3.05, 3.63) is 33.8 Å². The highest BCUT2D eigenvalue weighted by Crippen LogP contribution is 2.23. The van der Waals surface area contributed by atoms with E-state index in [1.807, 2.05) is 25.0 Å². The molecule has 2 atom stereocenters. The fourth-order valence-electron chi connectivity index (χ4n) is 3.44. The van der Waals surface area contributed by atoms with Gasteiger partial charge in [-0.15, -0.1) is 5.10 Å². The molecule has 1 aromatic carbocycles. The number of nitrogens with zero attached hydrogens (tertiary/aromatic N) is 3. The summed E-state index contributed by atoms with van der Waals surface area (Å²) >= 11 is 8.31. The number of carbonyl (C=O) groups is 2. The van der Waals surface area contributed by atoms with E-state index in [1.54, 1.807) is 28.9 Å². The van der Waals surface area contributed by atoms with Crippen LogP contribution < -0.4 is 0 Å². The van der Waals surface area contributed by atoms with E-state index < -0.39 is 5.97 Å². The molecule has 0 radical (unpaired) electrons. The number of hydrogen-bond acceptors (Lipinski definition) is 7. The average Bonchev–Trinajstić information content (AvgIpc) is 3.07. The van der Waals surface area contributed by atoms with Crippen LogP contribution in [0.4, 0.5) is 0 Å². The third-order valence-corrected chi connectivity index (χ3v) is 7.07. The molecule has 2 aromatic rings. The Hall–Kier alpha value is -1.71. The summed E-state index contributed by atoms with van der Waals surface area (Å²) in [6.07, 6.45) is 5.05. The summed E-state index contributed by atoms with van der Waals surface area (Å²) in [7, 11) is 0. The Morgan fingerprint density at radius 3 is 2.46 bits per heavy atom. The van der Waals surface area contributed by atoms with Crippen LogP contribution in [-0.2, 0) is 9.53 Å². The molecule has 0 aliphatic carbocycles. The van der Waals surface area contributed by atoms with E-state index in [4.69, 9.17) is 17.0 Å². The molecule has 1 fully saturated rings. The predicted octanol–water partition coefficient (Wildman–Crippen LogP) is 4.33. The molecule has 1 aromatic heterocycles. The first kappa shape index (κ1) is 21.0. The Bertz CT molecular complexity index is 897. The van der Waals surface area contributed by atoms with Gasteiger partial charge in [-0.3, -0.25) is 4.79 Å². The van der Waals surface area contributed by atoms with Crippen LogP contribution in [0, 0.1) is 3.95 Å². The van der Waals surface area contributed by atoms with Gasteiger partial charge >= 0.3 is 5.97 Å². The lowest BCUT2D eigenvalue weighted by Gasteiger charge is -2.38. The minimum absolute atomic E-state index is 0.136. The van der Waals surface area contributed by atoms with Gasteiger partial charge in [0.1, 0.15) is 0 Å². The topological polar surface area (TPSA) is 64.4 Å². The van der Waals surface area contributed by atoms with Crippen molar-refractivity contribution in [1.82, 2.24) is 14.7 Å². The largest absolute Gasteiger partial charge is 0.452 e. The maximum atomic E-state index is 12.5. The van der Waals surface area contributed by atoms with Gasteiger partial charge < -0.3 is 9.64 Å². The number of aromatic nitrogens is 2. The van der Waals surface area contributed by atoms with Crippen molar-refractivity contribution in [3.63, 3.8) is 0 Å². The van der Waals surface area contributed by atoms with Gasteiger partial charge in [0.2, 0.25) is 0 Å². The van der Waals surface area contributed by atoms with Gasteiger partial charge in [0.05, 0.1) is 11.3 Å². The summed E-state index contributed by atoms with van der Waals surface area (Å²) in [6.45, 7) is 3.85. The maximum Gasteiger partial charge on any atom is 0.338 e. The van der Waals surface area contributed by atoms with Crippen LogP contribution in [0.2, 0.25) is 0 Å². The molecule has 2 heterocycles. The molecule has 0 bridgehead atoms. The van der Waals surface area contributed by atoms with E-state index in [0.29, 0.717) is 9.52 Å². The second-order valence-corrected chi connectivity index (χ2v) is 9.48. The Morgan fingerprint density at radius 2 is 1.89 bits per heavy atom. The van der Waals surface area contributed by atoms with Crippen LogP contribution in [-0.4, -0.2) is 51.5 Å². The molecule has 3 rings (SSSR count). The first-order chi connectivity index (χ1) is 13.4. The van der Waals surface area contributed by atoms with E-state index in [0.717, 1.165) is 29.3 Å². The lowest BCUT2D eigenvalue weighted by Crippen LogP contribution is -2.49. The molecule has 6 nitrogen and oxygen atoms in total. The molecule has 0 saturated carbocycles. The maximum absolute atomic E-state index is 12.5. The Morgan fingerprint density at radius 1 is 1.25 bits per heavy atom. The Labute approximate surface area is 177 Å². The summed E-state index contributed by atoms with van der Waals surface area (Å²) in [6, 6.07) is 7.23. The van der Waals surface area contributed by atoms with Gasteiger partial charge in [-0.2, -0.15) is 0 Å². The molecule has 150 valence electrons. The molecular weight excluding hydrogens is 414 g/mol. The summed E-state index contributed by atoms with van der Waals surface area (Å²) in [5.41, 5.74) is 1.17. The normalized spacial score (nSPS) is 19.5. The molecule has 9 heteroatoms. The Kier molecular flexibility index (Phi) is 6.90. The van der Waals surface area contributed by atoms with Crippen molar-refractivity contribution in [1.29, 1.82) is 0 Å². The Balaban J connectivity index is 1.62. The number of piperidine rings is 1. The van der Waals surface area contributed by atoms with Crippen LogP contribution in [0.1, 0.15) is 43.5 Å². The molecule has 28 heavy (non-hydrogen) atoms. The molecule has 0 N–H and O–H groups in total. The van der Waals surface area contributed by atoms with Gasteiger partial charge in [0.15, 0.2) is 14.9 Å². The number of amides is 1. The number of carbonyl (C=O) groups excluding carboxylic acids is 2. The summed E-state index contributed by atoms with van der Waals surface area (Å²) in [5, 5.41) is 4.43. The third kappa shape index (κ3) is 4.64. The van der Waals surface area contributed by atoms with Gasteiger partial charge in [-0.05, 0) is 75.8 Å². The fraction of sp³-hybridized carbons (Fsp3) is 0.474. The van der Waals surface area contributed by atoms with Crippen molar-refractivity contribution >= 4 is 47.2 Å². The number of rotatable bonds is 5. The first-order valence-electron chi connectivity index (χ1n) is 9.13.